The van der Waals surface area contributed by atoms with Gasteiger partial charge in [-0.1, -0.05) is 15.9 Å². The summed E-state index contributed by atoms with van der Waals surface area (Å²) in [6.45, 7) is 0. The molecule has 0 bridgehead atoms. The van der Waals surface area contributed by atoms with Gasteiger partial charge in [-0.3, -0.25) is 0 Å². The van der Waals surface area contributed by atoms with E-state index in [1.165, 1.54) is 0 Å². The Labute approximate surface area is 75.6 Å². The van der Waals surface area contributed by atoms with Crippen molar-refractivity contribution in [3.63, 3.8) is 0 Å². The third-order valence-electron chi connectivity index (χ3n) is 0.583. The number of hydrogen-bond donors (Lipinski definition) is 0. The molecule has 0 spiro atoms. The summed E-state index contributed by atoms with van der Waals surface area (Å²) >= 11 is 6.64. The molecule has 0 aliphatic heterocycles. The molecule has 0 aliphatic rings. The number of alkyl halides is 6. The van der Waals surface area contributed by atoms with Crippen molar-refractivity contribution in [2.45, 2.75) is 9.41 Å². The van der Waals surface area contributed by atoms with Crippen molar-refractivity contribution in [1.82, 2.24) is 0 Å². The molecule has 1 atom stereocenters. The Morgan fingerprint density at radius 3 is 1.44 bits per heavy atom. The zero-order valence-electron chi connectivity index (χ0n) is 3.97. The van der Waals surface area contributed by atoms with E-state index in [9.17, 15) is 13.2 Å². The van der Waals surface area contributed by atoms with Crippen LogP contribution in [0, 0.1) is 0 Å². The van der Waals surface area contributed by atoms with Crippen LogP contribution in [0.3, 0.4) is 0 Å². The average Bonchev–Trinajstić information content (AvgIpc) is 1.64. The standard InChI is InChI=1S/C3H2Br3F3/c4-1-2(5,7)3(6,8)9/h1H2. The summed E-state index contributed by atoms with van der Waals surface area (Å²) in [7, 11) is 0. The van der Waals surface area contributed by atoms with Crippen LogP contribution < -0.4 is 0 Å². The third-order valence-corrected chi connectivity index (χ3v) is 4.05. The Kier molecular flexibility index (Phi) is 3.51. The van der Waals surface area contributed by atoms with Crippen LogP contribution in [0.2, 0.25) is 0 Å². The second kappa shape index (κ2) is 3.09. The molecule has 0 rings (SSSR count). The minimum absolute atomic E-state index is 0.474. The normalized spacial score (nSPS) is 19.3. The van der Waals surface area contributed by atoms with Gasteiger partial charge >= 0.3 is 4.83 Å². The van der Waals surface area contributed by atoms with Gasteiger partial charge < -0.3 is 0 Å². The average molecular weight is 335 g/mol. The first-order valence-electron chi connectivity index (χ1n) is 1.82. The summed E-state index contributed by atoms with van der Waals surface area (Å²) in [4.78, 5) is -3.54. The molecule has 6 heteroatoms. The van der Waals surface area contributed by atoms with Crippen molar-refractivity contribution < 1.29 is 13.2 Å². The molecule has 0 fully saturated rings. The smallest absolute Gasteiger partial charge is 0.223 e. The SMILES string of the molecule is FC(F)(Br)C(F)(Br)CBr. The van der Waals surface area contributed by atoms with Crippen LogP contribution in [0.4, 0.5) is 13.2 Å². The summed E-state index contributed by atoms with van der Waals surface area (Å²) in [6, 6.07) is 0. The molecule has 56 valence electrons. The van der Waals surface area contributed by atoms with Gasteiger partial charge in [0.05, 0.1) is 5.33 Å². The molecule has 0 saturated heterocycles. The molecule has 9 heavy (non-hydrogen) atoms. The second-order valence-corrected chi connectivity index (χ2v) is 4.15. The maximum absolute atomic E-state index is 12.4. The predicted octanol–water partition coefficient (Wildman–Crippen LogP) is 3.43. The molecular formula is C3H2Br3F3. The maximum atomic E-state index is 12.4. The Morgan fingerprint density at radius 2 is 1.44 bits per heavy atom. The van der Waals surface area contributed by atoms with Crippen LogP contribution in [-0.4, -0.2) is 14.7 Å². The highest BCUT2D eigenvalue weighted by molar-refractivity contribution is 9.14. The van der Waals surface area contributed by atoms with Crippen molar-refractivity contribution in [2.75, 3.05) is 5.33 Å². The predicted molar refractivity (Wildman–Crippen MR) is 40.4 cm³/mol. The molecule has 1 unspecified atom stereocenters. The Balaban J connectivity index is 4.14. The van der Waals surface area contributed by atoms with E-state index in [4.69, 9.17) is 0 Å². The first-order valence-corrected chi connectivity index (χ1v) is 4.52. The van der Waals surface area contributed by atoms with E-state index >= 15 is 0 Å². The van der Waals surface area contributed by atoms with Gasteiger partial charge in [0, 0.05) is 0 Å². The van der Waals surface area contributed by atoms with E-state index < -0.39 is 14.7 Å². The van der Waals surface area contributed by atoms with E-state index in [1.807, 2.05) is 15.9 Å². The van der Waals surface area contributed by atoms with E-state index in [1.54, 1.807) is 0 Å². The topological polar surface area (TPSA) is 0 Å². The van der Waals surface area contributed by atoms with Crippen LogP contribution >= 0.6 is 47.8 Å². The van der Waals surface area contributed by atoms with Gasteiger partial charge in [-0.05, 0) is 31.9 Å². The highest BCUT2D eigenvalue weighted by Gasteiger charge is 2.50. The number of hydrogen-bond acceptors (Lipinski definition) is 0. The van der Waals surface area contributed by atoms with Gasteiger partial charge in [-0.25, -0.2) is 4.39 Å². The van der Waals surface area contributed by atoms with Gasteiger partial charge in [-0.2, -0.15) is 8.78 Å². The van der Waals surface area contributed by atoms with Gasteiger partial charge in [-0.15, -0.1) is 0 Å². The van der Waals surface area contributed by atoms with Crippen molar-refractivity contribution in [2.24, 2.45) is 0 Å². The first-order chi connectivity index (χ1) is 3.81. The van der Waals surface area contributed by atoms with E-state index in [0.717, 1.165) is 0 Å². The summed E-state index contributed by atoms with van der Waals surface area (Å²) < 4.78 is 33.6. The van der Waals surface area contributed by atoms with E-state index in [2.05, 4.69) is 31.9 Å². The molecule has 0 N–H and O–H groups in total. The Bertz CT molecular complexity index is 97.0. The van der Waals surface area contributed by atoms with Gasteiger partial charge in [0.1, 0.15) is 0 Å². The lowest BCUT2D eigenvalue weighted by molar-refractivity contribution is 0.0184. The molecule has 0 aromatic heterocycles. The molecule has 0 saturated carbocycles. The molecule has 0 amide bonds. The van der Waals surface area contributed by atoms with Crippen molar-refractivity contribution in [3.8, 4) is 0 Å². The maximum Gasteiger partial charge on any atom is 0.345 e. The molecule has 0 aliphatic carbocycles. The van der Waals surface area contributed by atoms with Crippen LogP contribution in [0.5, 0.6) is 0 Å². The molecule has 0 aromatic carbocycles. The number of rotatable bonds is 2. The fourth-order valence-corrected chi connectivity index (χ4v) is 0.944. The molecular weight excluding hydrogens is 333 g/mol. The van der Waals surface area contributed by atoms with Gasteiger partial charge in [0.2, 0.25) is 4.58 Å². The lowest BCUT2D eigenvalue weighted by atomic mass is 10.5. The lowest BCUT2D eigenvalue weighted by Gasteiger charge is -2.20. The first kappa shape index (κ1) is 10.2. The fraction of sp³-hybridized carbons (Fsp3) is 1.00. The Morgan fingerprint density at radius 1 is 1.11 bits per heavy atom. The largest absolute Gasteiger partial charge is 0.345 e. The summed E-state index contributed by atoms with van der Waals surface area (Å²) in [5.74, 6) is 0. The highest BCUT2D eigenvalue weighted by atomic mass is 79.9. The number of halogens is 6. The molecule has 0 nitrogen and oxygen atoms in total. The lowest BCUT2D eigenvalue weighted by Crippen LogP contribution is -2.34. The zero-order valence-corrected chi connectivity index (χ0v) is 8.73. The molecule has 0 heterocycles. The van der Waals surface area contributed by atoms with Crippen molar-refractivity contribution >= 4 is 47.8 Å². The second-order valence-electron chi connectivity index (χ2n) is 1.34. The van der Waals surface area contributed by atoms with E-state index in [0.29, 0.717) is 0 Å². The minimum Gasteiger partial charge on any atom is -0.223 e. The summed E-state index contributed by atoms with van der Waals surface area (Å²) in [5, 5.41) is -0.474. The molecule has 0 radical (unpaired) electrons. The molecule has 0 aromatic rings. The van der Waals surface area contributed by atoms with E-state index in [-0.39, 0.29) is 0 Å². The van der Waals surface area contributed by atoms with Gasteiger partial charge in [0.15, 0.2) is 0 Å². The summed E-state index contributed by atoms with van der Waals surface area (Å²) in [5.41, 5.74) is 0. The monoisotopic (exact) mass is 332 g/mol. The Hall–Kier alpha value is 1.23. The van der Waals surface area contributed by atoms with Crippen LogP contribution in [0.15, 0.2) is 0 Å². The minimum atomic E-state index is -3.54. The van der Waals surface area contributed by atoms with Crippen LogP contribution in [0.25, 0.3) is 0 Å². The van der Waals surface area contributed by atoms with Crippen LogP contribution in [-0.2, 0) is 0 Å². The highest BCUT2D eigenvalue weighted by Crippen LogP contribution is 2.43. The van der Waals surface area contributed by atoms with Crippen LogP contribution in [0.1, 0.15) is 0 Å². The van der Waals surface area contributed by atoms with Gasteiger partial charge in [0.25, 0.3) is 0 Å². The fourth-order valence-electron chi connectivity index (χ4n) is 0.0758. The third kappa shape index (κ3) is 2.76. The quantitative estimate of drug-likeness (QED) is 0.679. The van der Waals surface area contributed by atoms with Crippen molar-refractivity contribution in [1.29, 1.82) is 0 Å². The van der Waals surface area contributed by atoms with Crippen molar-refractivity contribution in [3.05, 3.63) is 0 Å². The summed E-state index contributed by atoms with van der Waals surface area (Å²) in [6.07, 6.45) is 0. The zero-order chi connectivity index (χ0) is 7.71.